The van der Waals surface area contributed by atoms with Crippen molar-refractivity contribution in [2.45, 2.75) is 31.8 Å². The van der Waals surface area contributed by atoms with Crippen molar-refractivity contribution < 1.29 is 28.9 Å². The van der Waals surface area contributed by atoms with Crippen LogP contribution in [0.3, 0.4) is 0 Å². The van der Waals surface area contributed by atoms with Crippen LogP contribution in [0.15, 0.2) is 66.7 Å². The number of hydrogen-bond acceptors (Lipinski definition) is 6. The molecule has 5 rings (SSSR count). The molecule has 0 spiro atoms. The Labute approximate surface area is 222 Å². The highest BCUT2D eigenvalue weighted by atomic mass is 16.5. The molecule has 7 nitrogen and oxygen atoms in total. The maximum absolute atomic E-state index is 12.3. The summed E-state index contributed by atoms with van der Waals surface area (Å²) in [5, 5.41) is 9.72. The average Bonchev–Trinajstić information content (AvgIpc) is 3.25. The molecule has 0 aromatic heterocycles. The Hall–Kier alpha value is -4.26. The molecule has 0 radical (unpaired) electrons. The van der Waals surface area contributed by atoms with Gasteiger partial charge >= 0.3 is 11.9 Å². The van der Waals surface area contributed by atoms with Gasteiger partial charge in [0, 0.05) is 28.9 Å². The molecule has 0 bridgehead atoms. The van der Waals surface area contributed by atoms with Crippen molar-refractivity contribution in [1.82, 2.24) is 0 Å². The third kappa shape index (κ3) is 4.28. The number of methoxy groups -OCH3 is 2. The van der Waals surface area contributed by atoms with Gasteiger partial charge in [0.15, 0.2) is 5.60 Å². The standard InChI is InChI=1S/C31H31NO6/c1-4-16-32-19-31(26-15-14-20(29(33)34)18-27(26)32,38-22-9-5-8-21(17-22)30(35)37-3)25-12-6-11-24-23(25)10-7-13-28(24)36-2/h5,7-10,12-15,17-18H,4,6,11,16,19H2,1-3H3,(H,33,34). The number of nitrogens with zero attached hydrogens (tertiary/aromatic N) is 1. The summed E-state index contributed by atoms with van der Waals surface area (Å²) < 4.78 is 17.6. The first-order valence-electron chi connectivity index (χ1n) is 12.8. The fraction of sp³-hybridized carbons (Fsp3) is 0.290. The number of fused-ring (bicyclic) bond motifs is 2. The number of benzene rings is 3. The smallest absolute Gasteiger partial charge is 0.337 e. The summed E-state index contributed by atoms with van der Waals surface area (Å²) in [6.07, 6.45) is 4.76. The topological polar surface area (TPSA) is 85.3 Å². The second kappa shape index (κ2) is 10.2. The molecule has 7 heteroatoms. The van der Waals surface area contributed by atoms with Crippen LogP contribution in [0.4, 0.5) is 5.69 Å². The van der Waals surface area contributed by atoms with E-state index in [2.05, 4.69) is 24.0 Å². The molecule has 3 aromatic rings. The van der Waals surface area contributed by atoms with Gasteiger partial charge in [0.1, 0.15) is 11.5 Å². The van der Waals surface area contributed by atoms with Crippen LogP contribution in [0.1, 0.15) is 57.2 Å². The number of ether oxygens (including phenoxy) is 3. The van der Waals surface area contributed by atoms with Gasteiger partial charge in [-0.1, -0.05) is 37.3 Å². The minimum atomic E-state index is -0.972. The summed E-state index contributed by atoms with van der Waals surface area (Å²) in [6.45, 7) is 3.33. The quantitative estimate of drug-likeness (QED) is 0.386. The molecular formula is C31H31NO6. The predicted molar refractivity (Wildman–Crippen MR) is 145 cm³/mol. The molecule has 1 aliphatic carbocycles. The number of aromatic carboxylic acids is 1. The number of carbonyl (C=O) groups is 2. The molecule has 3 aromatic carbocycles. The fourth-order valence-electron chi connectivity index (χ4n) is 5.67. The van der Waals surface area contributed by atoms with E-state index < -0.39 is 17.5 Å². The van der Waals surface area contributed by atoms with Gasteiger partial charge in [-0.15, -0.1) is 0 Å². The fourth-order valence-corrected chi connectivity index (χ4v) is 5.67. The normalized spacial score (nSPS) is 17.8. The predicted octanol–water partition coefficient (Wildman–Crippen LogP) is 5.71. The molecule has 2 aliphatic rings. The van der Waals surface area contributed by atoms with Crippen molar-refractivity contribution in [3.8, 4) is 11.5 Å². The molecule has 0 fully saturated rings. The number of anilines is 1. The lowest BCUT2D eigenvalue weighted by atomic mass is 9.77. The van der Waals surface area contributed by atoms with E-state index >= 15 is 0 Å². The van der Waals surface area contributed by atoms with Gasteiger partial charge < -0.3 is 24.2 Å². The Morgan fingerprint density at radius 3 is 2.58 bits per heavy atom. The summed E-state index contributed by atoms with van der Waals surface area (Å²) in [6, 6.07) is 18.3. The highest BCUT2D eigenvalue weighted by Crippen LogP contribution is 2.52. The lowest BCUT2D eigenvalue weighted by molar-refractivity contribution is 0.0598. The van der Waals surface area contributed by atoms with Crippen molar-refractivity contribution in [3.05, 3.63) is 94.6 Å². The van der Waals surface area contributed by atoms with Gasteiger partial charge in [0.05, 0.1) is 31.9 Å². The minimum absolute atomic E-state index is 0.230. The first-order valence-corrected chi connectivity index (χ1v) is 12.8. The monoisotopic (exact) mass is 513 g/mol. The highest BCUT2D eigenvalue weighted by Gasteiger charge is 2.49. The van der Waals surface area contributed by atoms with Crippen molar-refractivity contribution in [2.24, 2.45) is 0 Å². The van der Waals surface area contributed by atoms with Gasteiger partial charge in [-0.05, 0) is 61.2 Å². The molecule has 0 saturated carbocycles. The summed E-state index contributed by atoms with van der Waals surface area (Å²) >= 11 is 0. The van der Waals surface area contributed by atoms with E-state index in [1.165, 1.54) is 7.11 Å². The van der Waals surface area contributed by atoms with Crippen LogP contribution < -0.4 is 14.4 Å². The van der Waals surface area contributed by atoms with E-state index in [-0.39, 0.29) is 5.56 Å². The lowest BCUT2D eigenvalue weighted by Gasteiger charge is -2.37. The SMILES string of the molecule is CCCN1CC(Oc2cccc(C(=O)OC)c2)(C2=CCCc3c(OC)cccc32)c2ccc(C(=O)O)cc21. The molecule has 1 unspecified atom stereocenters. The van der Waals surface area contributed by atoms with E-state index in [0.717, 1.165) is 59.5 Å². The summed E-state index contributed by atoms with van der Waals surface area (Å²) in [5.74, 6) is -0.0568. The zero-order chi connectivity index (χ0) is 26.9. The number of esters is 1. The molecule has 1 atom stereocenters. The van der Waals surface area contributed by atoms with Gasteiger partial charge in [-0.2, -0.15) is 0 Å². The van der Waals surface area contributed by atoms with Crippen LogP contribution in [0.2, 0.25) is 0 Å². The van der Waals surface area contributed by atoms with Crippen LogP contribution in [0.5, 0.6) is 11.5 Å². The number of carbonyl (C=O) groups excluding carboxylic acids is 1. The van der Waals surface area contributed by atoms with E-state index in [4.69, 9.17) is 14.2 Å². The van der Waals surface area contributed by atoms with Gasteiger partial charge in [0.25, 0.3) is 0 Å². The molecule has 1 heterocycles. The first kappa shape index (κ1) is 25.4. The number of carboxylic acids is 1. The molecule has 1 N–H and O–H groups in total. The molecule has 196 valence electrons. The summed E-state index contributed by atoms with van der Waals surface area (Å²) in [5.41, 5.74) is 4.58. The molecular weight excluding hydrogens is 482 g/mol. The number of carboxylic acid groups (broad SMARTS) is 1. The Morgan fingerprint density at radius 1 is 1.03 bits per heavy atom. The van der Waals surface area contributed by atoms with Gasteiger partial charge in [-0.25, -0.2) is 9.59 Å². The van der Waals surface area contributed by atoms with Crippen LogP contribution >= 0.6 is 0 Å². The zero-order valence-electron chi connectivity index (χ0n) is 21.8. The Morgan fingerprint density at radius 2 is 1.84 bits per heavy atom. The maximum atomic E-state index is 12.3. The van der Waals surface area contributed by atoms with Crippen molar-refractivity contribution in [1.29, 1.82) is 0 Å². The maximum Gasteiger partial charge on any atom is 0.337 e. The summed E-state index contributed by atoms with van der Waals surface area (Å²) in [7, 11) is 3.03. The zero-order valence-corrected chi connectivity index (χ0v) is 21.8. The third-order valence-corrected chi connectivity index (χ3v) is 7.30. The summed E-state index contributed by atoms with van der Waals surface area (Å²) in [4.78, 5) is 26.3. The second-order valence-corrected chi connectivity index (χ2v) is 9.55. The lowest BCUT2D eigenvalue weighted by Crippen LogP contribution is -2.41. The Balaban J connectivity index is 1.73. The molecule has 0 amide bonds. The minimum Gasteiger partial charge on any atom is -0.496 e. The van der Waals surface area contributed by atoms with Crippen LogP contribution in [-0.4, -0.2) is 44.4 Å². The van der Waals surface area contributed by atoms with Crippen LogP contribution in [0, 0.1) is 0 Å². The van der Waals surface area contributed by atoms with Crippen LogP contribution in [0.25, 0.3) is 5.57 Å². The molecule has 38 heavy (non-hydrogen) atoms. The Kier molecular flexibility index (Phi) is 6.85. The number of allylic oxidation sites excluding steroid dienone is 1. The van der Waals surface area contributed by atoms with Crippen LogP contribution in [-0.2, 0) is 16.8 Å². The number of hydrogen-bond donors (Lipinski definition) is 1. The van der Waals surface area contributed by atoms with E-state index in [1.54, 1.807) is 37.4 Å². The highest BCUT2D eigenvalue weighted by molar-refractivity contribution is 5.92. The van der Waals surface area contributed by atoms with Gasteiger partial charge in [0.2, 0.25) is 0 Å². The van der Waals surface area contributed by atoms with E-state index in [9.17, 15) is 14.7 Å². The van der Waals surface area contributed by atoms with Crippen molar-refractivity contribution in [3.63, 3.8) is 0 Å². The van der Waals surface area contributed by atoms with Crippen molar-refractivity contribution in [2.75, 3.05) is 32.2 Å². The molecule has 0 saturated heterocycles. The van der Waals surface area contributed by atoms with E-state index in [0.29, 0.717) is 17.9 Å². The second-order valence-electron chi connectivity index (χ2n) is 9.55. The average molecular weight is 514 g/mol. The number of rotatable bonds is 8. The van der Waals surface area contributed by atoms with Gasteiger partial charge in [-0.3, -0.25) is 0 Å². The largest absolute Gasteiger partial charge is 0.496 e. The third-order valence-electron chi connectivity index (χ3n) is 7.30. The molecule has 1 aliphatic heterocycles. The Bertz CT molecular complexity index is 1430. The van der Waals surface area contributed by atoms with E-state index in [1.807, 2.05) is 24.3 Å². The van der Waals surface area contributed by atoms with Crippen molar-refractivity contribution >= 4 is 23.2 Å². The first-order chi connectivity index (χ1) is 18.4.